The zero-order valence-corrected chi connectivity index (χ0v) is 14.0. The number of carbonyl (C=O) groups is 1. The minimum Gasteiger partial charge on any atom is -0.486 e. The SMILES string of the molecule is C[C@@H](Oc1ccc(Cl)cc1)C(=O)NC[C@H]1COc2ccccc2O1. The lowest BCUT2D eigenvalue weighted by molar-refractivity contribution is -0.127. The molecule has 0 aromatic heterocycles. The van der Waals surface area contributed by atoms with Crippen LogP contribution in [0, 0.1) is 0 Å². The van der Waals surface area contributed by atoms with E-state index in [-0.39, 0.29) is 12.0 Å². The molecular weight excluding hydrogens is 330 g/mol. The van der Waals surface area contributed by atoms with Crippen molar-refractivity contribution in [3.8, 4) is 17.2 Å². The molecule has 1 heterocycles. The van der Waals surface area contributed by atoms with Gasteiger partial charge in [0.1, 0.15) is 18.5 Å². The maximum Gasteiger partial charge on any atom is 0.260 e. The number of ether oxygens (including phenoxy) is 3. The molecule has 5 nitrogen and oxygen atoms in total. The molecule has 24 heavy (non-hydrogen) atoms. The Kier molecular flexibility index (Phi) is 5.11. The van der Waals surface area contributed by atoms with E-state index >= 15 is 0 Å². The molecule has 2 atom stereocenters. The molecule has 0 saturated carbocycles. The highest BCUT2D eigenvalue weighted by atomic mass is 35.5. The van der Waals surface area contributed by atoms with E-state index in [2.05, 4.69) is 5.32 Å². The van der Waals surface area contributed by atoms with E-state index in [1.54, 1.807) is 31.2 Å². The second-order valence-electron chi connectivity index (χ2n) is 5.46. The Morgan fingerprint density at radius 3 is 2.71 bits per heavy atom. The fourth-order valence-corrected chi connectivity index (χ4v) is 2.42. The van der Waals surface area contributed by atoms with Crippen LogP contribution in [0.3, 0.4) is 0 Å². The topological polar surface area (TPSA) is 56.8 Å². The van der Waals surface area contributed by atoms with Crippen molar-refractivity contribution < 1.29 is 19.0 Å². The number of hydrogen-bond donors (Lipinski definition) is 1. The highest BCUT2D eigenvalue weighted by Gasteiger charge is 2.22. The van der Waals surface area contributed by atoms with Crippen LogP contribution in [0.15, 0.2) is 48.5 Å². The van der Waals surface area contributed by atoms with Crippen LogP contribution < -0.4 is 19.5 Å². The Morgan fingerprint density at radius 1 is 1.25 bits per heavy atom. The molecular formula is C18H18ClNO4. The summed E-state index contributed by atoms with van der Waals surface area (Å²) in [5.74, 6) is 1.79. The average Bonchev–Trinajstić information content (AvgIpc) is 2.61. The van der Waals surface area contributed by atoms with Crippen LogP contribution in [0.4, 0.5) is 0 Å². The molecule has 2 aromatic carbocycles. The van der Waals surface area contributed by atoms with E-state index in [1.807, 2.05) is 24.3 Å². The van der Waals surface area contributed by atoms with Crippen molar-refractivity contribution in [1.29, 1.82) is 0 Å². The highest BCUT2D eigenvalue weighted by molar-refractivity contribution is 6.30. The van der Waals surface area contributed by atoms with E-state index in [0.29, 0.717) is 29.7 Å². The van der Waals surface area contributed by atoms with Gasteiger partial charge in [0, 0.05) is 5.02 Å². The van der Waals surface area contributed by atoms with Crippen molar-refractivity contribution in [2.45, 2.75) is 19.1 Å². The van der Waals surface area contributed by atoms with Crippen LogP contribution in [0.1, 0.15) is 6.92 Å². The van der Waals surface area contributed by atoms with Crippen molar-refractivity contribution in [1.82, 2.24) is 5.32 Å². The summed E-state index contributed by atoms with van der Waals surface area (Å²) in [7, 11) is 0. The molecule has 6 heteroatoms. The Morgan fingerprint density at radius 2 is 1.96 bits per heavy atom. The first kappa shape index (κ1) is 16.5. The normalized spacial score (nSPS) is 17.0. The molecule has 0 bridgehead atoms. The summed E-state index contributed by atoms with van der Waals surface area (Å²) < 4.78 is 17.0. The maximum atomic E-state index is 12.1. The third kappa shape index (κ3) is 4.11. The fourth-order valence-electron chi connectivity index (χ4n) is 2.29. The number of amides is 1. The minimum atomic E-state index is -0.622. The third-order valence-corrected chi connectivity index (χ3v) is 3.82. The number of rotatable bonds is 5. The number of nitrogens with one attached hydrogen (secondary N) is 1. The van der Waals surface area contributed by atoms with E-state index in [4.69, 9.17) is 25.8 Å². The molecule has 0 spiro atoms. The summed E-state index contributed by atoms with van der Waals surface area (Å²) in [6.45, 7) is 2.43. The quantitative estimate of drug-likeness (QED) is 0.903. The summed E-state index contributed by atoms with van der Waals surface area (Å²) in [6, 6.07) is 14.3. The lowest BCUT2D eigenvalue weighted by atomic mass is 10.2. The van der Waals surface area contributed by atoms with Crippen LogP contribution in [-0.2, 0) is 4.79 Å². The molecule has 2 aromatic rings. The standard InChI is InChI=1S/C18H18ClNO4/c1-12(23-14-8-6-13(19)7-9-14)18(21)20-10-15-11-22-16-4-2-3-5-17(16)24-15/h2-9,12,15H,10-11H2,1H3,(H,20,21)/t12-,15+/m1/s1. The van der Waals surface area contributed by atoms with Gasteiger partial charge in [-0.05, 0) is 43.3 Å². The monoisotopic (exact) mass is 347 g/mol. The molecule has 3 rings (SSSR count). The number of halogens is 1. The fraction of sp³-hybridized carbons (Fsp3) is 0.278. The van der Waals surface area contributed by atoms with Gasteiger partial charge in [-0.15, -0.1) is 0 Å². The molecule has 1 aliphatic heterocycles. The number of carbonyl (C=O) groups excluding carboxylic acids is 1. The molecule has 0 radical (unpaired) electrons. The van der Waals surface area contributed by atoms with Crippen LogP contribution in [0.25, 0.3) is 0 Å². The second kappa shape index (κ2) is 7.45. The molecule has 1 aliphatic rings. The smallest absolute Gasteiger partial charge is 0.260 e. The zero-order chi connectivity index (χ0) is 16.9. The number of fused-ring (bicyclic) bond motifs is 1. The van der Waals surface area contributed by atoms with Gasteiger partial charge in [0.2, 0.25) is 0 Å². The van der Waals surface area contributed by atoms with Crippen LogP contribution in [0.5, 0.6) is 17.2 Å². The third-order valence-electron chi connectivity index (χ3n) is 3.57. The minimum absolute atomic E-state index is 0.215. The Labute approximate surface area is 145 Å². The van der Waals surface area contributed by atoms with E-state index in [9.17, 15) is 4.79 Å². The Bertz CT molecular complexity index is 704. The lowest BCUT2D eigenvalue weighted by Crippen LogP contribution is -2.44. The van der Waals surface area contributed by atoms with Gasteiger partial charge in [0.05, 0.1) is 6.54 Å². The molecule has 0 fully saturated rings. The van der Waals surface area contributed by atoms with Gasteiger partial charge < -0.3 is 19.5 Å². The van der Waals surface area contributed by atoms with Gasteiger partial charge in [0.15, 0.2) is 17.6 Å². The number of benzene rings is 2. The van der Waals surface area contributed by atoms with E-state index < -0.39 is 6.10 Å². The lowest BCUT2D eigenvalue weighted by Gasteiger charge is -2.27. The molecule has 0 unspecified atom stereocenters. The zero-order valence-electron chi connectivity index (χ0n) is 13.2. The van der Waals surface area contributed by atoms with Crippen LogP contribution >= 0.6 is 11.6 Å². The van der Waals surface area contributed by atoms with Crippen molar-refractivity contribution in [2.75, 3.05) is 13.2 Å². The summed E-state index contributed by atoms with van der Waals surface area (Å²) in [6.07, 6.45) is -0.852. The molecule has 0 aliphatic carbocycles. The first-order valence-electron chi connectivity index (χ1n) is 7.70. The average molecular weight is 348 g/mol. The Balaban J connectivity index is 1.48. The van der Waals surface area contributed by atoms with Gasteiger partial charge >= 0.3 is 0 Å². The summed E-state index contributed by atoms with van der Waals surface area (Å²) in [4.78, 5) is 12.1. The maximum absolute atomic E-state index is 12.1. The largest absolute Gasteiger partial charge is 0.486 e. The number of hydrogen-bond acceptors (Lipinski definition) is 4. The highest BCUT2D eigenvalue weighted by Crippen LogP contribution is 2.30. The summed E-state index contributed by atoms with van der Waals surface area (Å²) in [5, 5.41) is 3.44. The van der Waals surface area contributed by atoms with Crippen molar-refractivity contribution in [3.63, 3.8) is 0 Å². The molecule has 126 valence electrons. The first-order chi connectivity index (χ1) is 11.6. The predicted octanol–water partition coefficient (Wildman–Crippen LogP) is 3.06. The van der Waals surface area contributed by atoms with Crippen LogP contribution in [0.2, 0.25) is 5.02 Å². The van der Waals surface area contributed by atoms with Gasteiger partial charge in [-0.3, -0.25) is 4.79 Å². The predicted molar refractivity (Wildman–Crippen MR) is 90.9 cm³/mol. The van der Waals surface area contributed by atoms with Gasteiger partial charge in [-0.1, -0.05) is 23.7 Å². The first-order valence-corrected chi connectivity index (χ1v) is 8.08. The van der Waals surface area contributed by atoms with E-state index in [1.165, 1.54) is 0 Å². The van der Waals surface area contributed by atoms with Gasteiger partial charge in [0.25, 0.3) is 5.91 Å². The molecule has 1 amide bonds. The van der Waals surface area contributed by atoms with Crippen molar-refractivity contribution >= 4 is 17.5 Å². The van der Waals surface area contributed by atoms with Gasteiger partial charge in [-0.2, -0.15) is 0 Å². The Hall–Kier alpha value is -2.40. The van der Waals surface area contributed by atoms with Gasteiger partial charge in [-0.25, -0.2) is 0 Å². The van der Waals surface area contributed by atoms with Crippen LogP contribution in [-0.4, -0.2) is 31.3 Å². The molecule has 1 N–H and O–H groups in total. The van der Waals surface area contributed by atoms with Crippen molar-refractivity contribution in [2.24, 2.45) is 0 Å². The van der Waals surface area contributed by atoms with E-state index in [0.717, 1.165) is 5.75 Å². The number of para-hydroxylation sites is 2. The second-order valence-corrected chi connectivity index (χ2v) is 5.89. The molecule has 0 saturated heterocycles. The van der Waals surface area contributed by atoms with Crippen molar-refractivity contribution in [3.05, 3.63) is 53.6 Å². The summed E-state index contributed by atoms with van der Waals surface area (Å²) >= 11 is 5.82. The summed E-state index contributed by atoms with van der Waals surface area (Å²) in [5.41, 5.74) is 0.